The molecule has 1 N–H and O–H groups in total. The molecule has 0 bridgehead atoms. The lowest BCUT2D eigenvalue weighted by atomic mass is 10.2. The molecule has 7 nitrogen and oxygen atoms in total. The van der Waals surface area contributed by atoms with Gasteiger partial charge in [-0.25, -0.2) is 15.0 Å². The van der Waals surface area contributed by atoms with E-state index in [4.69, 9.17) is 21.6 Å². The summed E-state index contributed by atoms with van der Waals surface area (Å²) >= 11 is 6.42. The van der Waals surface area contributed by atoms with Gasteiger partial charge in [0.1, 0.15) is 23.2 Å². The number of nitrogens with zero attached hydrogens (tertiary/aromatic N) is 6. The molecule has 1 aromatic carbocycles. The molecule has 1 saturated heterocycles. The van der Waals surface area contributed by atoms with Crippen molar-refractivity contribution in [3.63, 3.8) is 0 Å². The van der Waals surface area contributed by atoms with Crippen LogP contribution in [0.25, 0.3) is 16.7 Å². The molecule has 0 unspecified atom stereocenters. The van der Waals surface area contributed by atoms with E-state index in [0.717, 1.165) is 66.3 Å². The molecule has 4 aromatic rings. The van der Waals surface area contributed by atoms with Crippen molar-refractivity contribution < 1.29 is 0 Å². The maximum Gasteiger partial charge on any atom is 0.166 e. The quantitative estimate of drug-likeness (QED) is 0.536. The number of pyridine rings is 1. The number of anilines is 3. The van der Waals surface area contributed by atoms with Gasteiger partial charge in [-0.2, -0.15) is 0 Å². The molecule has 1 fully saturated rings. The number of para-hydroxylation sites is 1. The van der Waals surface area contributed by atoms with E-state index in [2.05, 4.69) is 33.2 Å². The van der Waals surface area contributed by atoms with Crippen LogP contribution in [0, 0.1) is 6.92 Å². The fraction of sp³-hybridized carbons (Fsp3) is 0.318. The Morgan fingerprint density at radius 1 is 1.03 bits per heavy atom. The minimum atomic E-state index is 0.661. The van der Waals surface area contributed by atoms with Crippen molar-refractivity contribution in [2.75, 3.05) is 43.4 Å². The van der Waals surface area contributed by atoms with Crippen LogP contribution in [0.15, 0.2) is 42.9 Å². The fourth-order valence-corrected chi connectivity index (χ4v) is 4.23. The Hall–Kier alpha value is -2.90. The number of likely N-dealkylation sites (N-methyl/N-ethyl adjacent to an activating group) is 1. The number of halogens is 1. The minimum absolute atomic E-state index is 0.661. The summed E-state index contributed by atoms with van der Waals surface area (Å²) in [6, 6.07) is 9.94. The van der Waals surface area contributed by atoms with Crippen molar-refractivity contribution in [2.24, 2.45) is 0 Å². The molecule has 0 aliphatic carbocycles. The molecular weight excluding hydrogens is 398 g/mol. The highest BCUT2D eigenvalue weighted by Gasteiger charge is 2.17. The molecule has 0 atom stereocenters. The summed E-state index contributed by atoms with van der Waals surface area (Å²) < 4.78 is 1.99. The summed E-state index contributed by atoms with van der Waals surface area (Å²) in [5.41, 5.74) is 4.39. The van der Waals surface area contributed by atoms with Crippen LogP contribution in [0.3, 0.4) is 0 Å². The van der Waals surface area contributed by atoms with Gasteiger partial charge in [-0.05, 0) is 50.7 Å². The van der Waals surface area contributed by atoms with Crippen molar-refractivity contribution >= 4 is 45.6 Å². The van der Waals surface area contributed by atoms with Crippen LogP contribution in [0.1, 0.15) is 12.0 Å². The Bertz CT molecular complexity index is 1200. The highest BCUT2D eigenvalue weighted by Crippen LogP contribution is 2.31. The second kappa shape index (κ2) is 7.74. The van der Waals surface area contributed by atoms with Gasteiger partial charge < -0.3 is 15.1 Å². The highest BCUT2D eigenvalue weighted by atomic mass is 35.5. The van der Waals surface area contributed by atoms with Crippen LogP contribution in [0.2, 0.25) is 5.02 Å². The first-order valence-corrected chi connectivity index (χ1v) is 10.6. The van der Waals surface area contributed by atoms with Gasteiger partial charge >= 0.3 is 0 Å². The molecule has 1 aliphatic rings. The Labute approximate surface area is 180 Å². The maximum absolute atomic E-state index is 6.42. The maximum atomic E-state index is 6.42. The Morgan fingerprint density at radius 3 is 2.80 bits per heavy atom. The third-order valence-corrected chi connectivity index (χ3v) is 6.01. The summed E-state index contributed by atoms with van der Waals surface area (Å²) in [5, 5.41) is 4.07. The number of rotatable bonds is 3. The number of benzene rings is 1. The molecule has 154 valence electrons. The van der Waals surface area contributed by atoms with Crippen molar-refractivity contribution in [3.05, 3.63) is 53.4 Å². The molecule has 1 aliphatic heterocycles. The zero-order valence-corrected chi connectivity index (χ0v) is 17.9. The van der Waals surface area contributed by atoms with Crippen LogP contribution in [-0.2, 0) is 0 Å². The lowest BCUT2D eigenvalue weighted by molar-refractivity contribution is 0.360. The van der Waals surface area contributed by atoms with Crippen LogP contribution < -0.4 is 10.2 Å². The molecule has 3 aromatic heterocycles. The molecular formula is C22H24ClN7. The molecule has 30 heavy (non-hydrogen) atoms. The van der Waals surface area contributed by atoms with Crippen molar-refractivity contribution in [3.8, 4) is 0 Å². The number of aromatic nitrogens is 4. The predicted molar refractivity (Wildman–Crippen MR) is 122 cm³/mol. The Morgan fingerprint density at radius 2 is 1.93 bits per heavy atom. The van der Waals surface area contributed by atoms with E-state index in [-0.39, 0.29) is 0 Å². The van der Waals surface area contributed by atoms with Crippen LogP contribution in [0.5, 0.6) is 0 Å². The lowest BCUT2D eigenvalue weighted by Crippen LogP contribution is -2.29. The topological polar surface area (TPSA) is 61.6 Å². The largest absolute Gasteiger partial charge is 0.355 e. The second-order valence-corrected chi connectivity index (χ2v) is 8.23. The van der Waals surface area contributed by atoms with E-state index in [9.17, 15) is 0 Å². The van der Waals surface area contributed by atoms with E-state index in [1.165, 1.54) is 0 Å². The van der Waals surface area contributed by atoms with E-state index < -0.39 is 0 Å². The van der Waals surface area contributed by atoms with Crippen molar-refractivity contribution in [1.82, 2.24) is 24.3 Å². The first-order chi connectivity index (χ1) is 14.6. The zero-order valence-electron chi connectivity index (χ0n) is 17.1. The summed E-state index contributed by atoms with van der Waals surface area (Å²) in [4.78, 5) is 18.9. The van der Waals surface area contributed by atoms with E-state index in [1.54, 1.807) is 12.5 Å². The Kier molecular flexibility index (Phi) is 4.92. The second-order valence-electron chi connectivity index (χ2n) is 7.82. The summed E-state index contributed by atoms with van der Waals surface area (Å²) in [5.74, 6) is 1.69. The van der Waals surface area contributed by atoms with Crippen molar-refractivity contribution in [2.45, 2.75) is 13.3 Å². The van der Waals surface area contributed by atoms with E-state index in [1.807, 2.05) is 35.6 Å². The fourth-order valence-electron chi connectivity index (χ4n) is 3.96. The lowest BCUT2D eigenvalue weighted by Gasteiger charge is -2.22. The van der Waals surface area contributed by atoms with Gasteiger partial charge in [-0.1, -0.05) is 23.7 Å². The third-order valence-electron chi connectivity index (χ3n) is 5.69. The highest BCUT2D eigenvalue weighted by molar-refractivity contribution is 6.33. The monoisotopic (exact) mass is 421 g/mol. The average molecular weight is 422 g/mol. The molecule has 4 heterocycles. The normalized spacial score (nSPS) is 15.6. The van der Waals surface area contributed by atoms with Gasteiger partial charge in [0.25, 0.3) is 0 Å². The molecule has 0 radical (unpaired) electrons. The number of hydrogen-bond donors (Lipinski definition) is 1. The van der Waals surface area contributed by atoms with Gasteiger partial charge in [0.15, 0.2) is 11.5 Å². The van der Waals surface area contributed by atoms with E-state index in [0.29, 0.717) is 10.8 Å². The van der Waals surface area contributed by atoms with Crippen LogP contribution >= 0.6 is 11.6 Å². The molecule has 5 rings (SSSR count). The number of nitrogens with one attached hydrogen (secondary N) is 1. The molecule has 0 amide bonds. The number of fused-ring (bicyclic) bond motifs is 3. The SMILES string of the molecule is Cc1cccc(Cl)c1Nc1nc2ccc(N3CCCN(C)CC3)nc2n2cncc12. The molecule has 0 spiro atoms. The zero-order chi connectivity index (χ0) is 20.7. The average Bonchev–Trinajstić information content (AvgIpc) is 3.14. The molecule has 8 heteroatoms. The van der Waals surface area contributed by atoms with Crippen LogP contribution in [0.4, 0.5) is 17.3 Å². The van der Waals surface area contributed by atoms with Gasteiger partial charge in [0.05, 0.1) is 16.9 Å². The van der Waals surface area contributed by atoms with Gasteiger partial charge in [-0.15, -0.1) is 0 Å². The predicted octanol–water partition coefficient (Wildman–Crippen LogP) is 4.12. The molecule has 0 saturated carbocycles. The van der Waals surface area contributed by atoms with Crippen molar-refractivity contribution in [1.29, 1.82) is 0 Å². The summed E-state index contributed by atoms with van der Waals surface area (Å²) in [7, 11) is 2.17. The first kappa shape index (κ1) is 19.1. The summed E-state index contributed by atoms with van der Waals surface area (Å²) in [6.45, 7) is 6.16. The van der Waals surface area contributed by atoms with Gasteiger partial charge in [-0.3, -0.25) is 4.40 Å². The smallest absolute Gasteiger partial charge is 0.166 e. The number of hydrogen-bond acceptors (Lipinski definition) is 6. The van der Waals surface area contributed by atoms with E-state index >= 15 is 0 Å². The van der Waals surface area contributed by atoms with Crippen LogP contribution in [-0.4, -0.2) is 57.5 Å². The Balaban J connectivity index is 1.58. The number of aryl methyl sites for hydroxylation is 1. The van der Waals surface area contributed by atoms with Gasteiger partial charge in [0.2, 0.25) is 0 Å². The van der Waals surface area contributed by atoms with Gasteiger partial charge in [0, 0.05) is 19.6 Å². The standard InChI is InChI=1S/C22H24ClN7/c1-15-5-3-6-16(23)20(15)27-21-18-13-24-14-30(18)22-17(25-21)7-8-19(26-22)29-10-4-9-28(2)11-12-29/h3,5-8,13-14H,4,9-12H2,1-2H3,(H,25,27). The third kappa shape index (κ3) is 3.44. The first-order valence-electron chi connectivity index (χ1n) is 10.2. The summed E-state index contributed by atoms with van der Waals surface area (Å²) in [6.07, 6.45) is 4.72. The number of imidazole rings is 1. The minimum Gasteiger partial charge on any atom is -0.355 e.